The van der Waals surface area contributed by atoms with Gasteiger partial charge in [0.1, 0.15) is 5.84 Å². The summed E-state index contributed by atoms with van der Waals surface area (Å²) in [6.45, 7) is 0.120. The van der Waals surface area contributed by atoms with Crippen molar-refractivity contribution in [2.24, 2.45) is 4.99 Å². The summed E-state index contributed by atoms with van der Waals surface area (Å²) >= 11 is 1.47. The monoisotopic (exact) mass is 461 g/mol. The Morgan fingerprint density at radius 3 is 2.84 bits per heavy atom. The van der Waals surface area contributed by atoms with E-state index >= 15 is 0 Å². The summed E-state index contributed by atoms with van der Waals surface area (Å²) in [6.07, 6.45) is 6.28. The highest BCUT2D eigenvalue weighted by atomic mass is 32.2. The number of ether oxygens (including phenoxy) is 1. The van der Waals surface area contributed by atoms with Crippen LogP contribution in [0, 0.1) is 0 Å². The molecular formula is C21H23N3O5S2. The number of thiophene rings is 1. The standard InChI is InChI=1S/C21H23N3O5S2/c25-20(15-29-21(26)11-10-17-7-5-13-30-17)23-16-6-4-8-18(14-16)31(27,28)24-19-9-2-1-3-12-22-19/h4-8,10-11,13-14H,1-3,9,12,15H2,(H,22,24)(H,23,25). The third kappa shape index (κ3) is 7.34. The van der Waals surface area contributed by atoms with Crippen LogP contribution in [-0.4, -0.2) is 39.3 Å². The van der Waals surface area contributed by atoms with Gasteiger partial charge in [0.15, 0.2) is 6.61 Å². The Hall–Kier alpha value is -2.98. The maximum absolute atomic E-state index is 12.7. The fraction of sp³-hybridized carbons (Fsp3) is 0.286. The number of carbonyl (C=O) groups excluding carboxylic acids is 2. The summed E-state index contributed by atoms with van der Waals surface area (Å²) in [7, 11) is -3.81. The van der Waals surface area contributed by atoms with Crippen LogP contribution in [0.15, 0.2) is 57.7 Å². The lowest BCUT2D eigenvalue weighted by Crippen LogP contribution is -2.30. The molecule has 0 saturated carbocycles. The van der Waals surface area contributed by atoms with Crippen LogP contribution in [0.1, 0.15) is 30.6 Å². The molecule has 0 bridgehead atoms. The summed E-state index contributed by atoms with van der Waals surface area (Å²) in [5.74, 6) is -0.767. The van der Waals surface area contributed by atoms with Gasteiger partial charge in [-0.1, -0.05) is 18.6 Å². The molecule has 1 aliphatic rings. The number of aliphatic imine (C=N–C) groups is 1. The Balaban J connectivity index is 1.55. The number of amides is 1. The minimum Gasteiger partial charge on any atom is -0.452 e. The average Bonchev–Trinajstić information content (AvgIpc) is 3.14. The molecule has 0 aliphatic carbocycles. The summed E-state index contributed by atoms with van der Waals surface area (Å²) in [4.78, 5) is 29.0. The van der Waals surface area contributed by atoms with Crippen molar-refractivity contribution in [3.05, 3.63) is 52.7 Å². The van der Waals surface area contributed by atoms with Gasteiger partial charge in [-0.3, -0.25) is 14.5 Å². The van der Waals surface area contributed by atoms with E-state index in [9.17, 15) is 18.0 Å². The lowest BCUT2D eigenvalue weighted by Gasteiger charge is -2.11. The van der Waals surface area contributed by atoms with E-state index < -0.39 is 28.5 Å². The highest BCUT2D eigenvalue weighted by Crippen LogP contribution is 2.17. The Morgan fingerprint density at radius 1 is 1.16 bits per heavy atom. The van der Waals surface area contributed by atoms with E-state index in [1.165, 1.54) is 35.6 Å². The maximum atomic E-state index is 12.7. The second-order valence-electron chi connectivity index (χ2n) is 6.78. The number of esters is 1. The van der Waals surface area contributed by atoms with Crippen molar-refractivity contribution in [2.75, 3.05) is 18.5 Å². The molecule has 2 aromatic rings. The molecular weight excluding hydrogens is 438 g/mol. The van der Waals surface area contributed by atoms with Crippen LogP contribution in [0.3, 0.4) is 0 Å². The number of hydrogen-bond donors (Lipinski definition) is 2. The van der Waals surface area contributed by atoms with E-state index in [2.05, 4.69) is 15.0 Å². The Kier molecular flexibility index (Phi) is 7.96. The van der Waals surface area contributed by atoms with Gasteiger partial charge in [0.05, 0.1) is 4.90 Å². The molecule has 1 amide bonds. The van der Waals surface area contributed by atoms with Crippen LogP contribution < -0.4 is 10.0 Å². The number of benzene rings is 1. The van der Waals surface area contributed by atoms with Crippen molar-refractivity contribution in [1.29, 1.82) is 0 Å². The molecule has 0 unspecified atom stereocenters. The first kappa shape index (κ1) is 22.7. The van der Waals surface area contributed by atoms with Crippen molar-refractivity contribution in [1.82, 2.24) is 4.72 Å². The zero-order valence-corrected chi connectivity index (χ0v) is 18.4. The van der Waals surface area contributed by atoms with Crippen LogP contribution >= 0.6 is 11.3 Å². The topological polar surface area (TPSA) is 114 Å². The molecule has 164 valence electrons. The fourth-order valence-electron chi connectivity index (χ4n) is 2.83. The number of carbonyl (C=O) groups is 2. The van der Waals surface area contributed by atoms with Crippen molar-refractivity contribution in [3.8, 4) is 0 Å². The maximum Gasteiger partial charge on any atom is 0.331 e. The molecule has 0 atom stereocenters. The minimum atomic E-state index is -3.81. The number of amidine groups is 1. The van der Waals surface area contributed by atoms with Crippen LogP contribution in [0.25, 0.3) is 6.08 Å². The van der Waals surface area contributed by atoms with Gasteiger partial charge in [-0.25, -0.2) is 13.2 Å². The Bertz CT molecular complexity index is 1080. The quantitative estimate of drug-likeness (QED) is 0.486. The second-order valence-corrected chi connectivity index (χ2v) is 9.44. The lowest BCUT2D eigenvalue weighted by atomic mass is 10.2. The number of nitrogens with zero attached hydrogens (tertiary/aromatic N) is 1. The minimum absolute atomic E-state index is 0.00752. The van der Waals surface area contributed by atoms with E-state index in [4.69, 9.17) is 4.74 Å². The number of hydrogen-bond acceptors (Lipinski definition) is 7. The van der Waals surface area contributed by atoms with Gasteiger partial charge in [-0.15, -0.1) is 11.3 Å². The number of anilines is 1. The van der Waals surface area contributed by atoms with Gasteiger partial charge in [0.25, 0.3) is 15.9 Å². The smallest absolute Gasteiger partial charge is 0.331 e. The van der Waals surface area contributed by atoms with Gasteiger partial charge in [-0.2, -0.15) is 0 Å². The normalized spacial score (nSPS) is 14.5. The van der Waals surface area contributed by atoms with E-state index in [0.717, 1.165) is 24.1 Å². The van der Waals surface area contributed by atoms with Gasteiger partial charge in [0.2, 0.25) is 0 Å². The van der Waals surface area contributed by atoms with E-state index in [0.29, 0.717) is 18.8 Å². The zero-order chi connectivity index (χ0) is 22.1. The van der Waals surface area contributed by atoms with Gasteiger partial charge < -0.3 is 10.1 Å². The van der Waals surface area contributed by atoms with E-state index in [1.54, 1.807) is 12.1 Å². The second kappa shape index (κ2) is 10.9. The molecule has 10 heteroatoms. The summed E-state index contributed by atoms with van der Waals surface area (Å²) < 4.78 is 32.7. The summed E-state index contributed by atoms with van der Waals surface area (Å²) in [6, 6.07) is 9.56. The fourth-order valence-corrected chi connectivity index (χ4v) is 4.58. The van der Waals surface area contributed by atoms with Gasteiger partial charge >= 0.3 is 5.97 Å². The first-order valence-corrected chi connectivity index (χ1v) is 12.1. The molecule has 31 heavy (non-hydrogen) atoms. The Morgan fingerprint density at radius 2 is 2.03 bits per heavy atom. The van der Waals surface area contributed by atoms with E-state index in [1.807, 2.05) is 17.5 Å². The first-order valence-electron chi connectivity index (χ1n) is 9.77. The highest BCUT2D eigenvalue weighted by Gasteiger charge is 2.18. The highest BCUT2D eigenvalue weighted by molar-refractivity contribution is 7.90. The summed E-state index contributed by atoms with van der Waals surface area (Å²) in [5.41, 5.74) is 0.279. The molecule has 0 spiro atoms. The third-order valence-corrected chi connectivity index (χ3v) is 6.54. The zero-order valence-electron chi connectivity index (χ0n) is 16.7. The summed E-state index contributed by atoms with van der Waals surface area (Å²) in [5, 5.41) is 4.41. The Labute approximate surface area is 185 Å². The SMILES string of the molecule is O=C(COC(=O)C=Cc1cccs1)Nc1cccc(S(=O)(=O)NC2=NCCCCC2)c1. The predicted molar refractivity (Wildman–Crippen MR) is 120 cm³/mol. The van der Waals surface area contributed by atoms with Crippen molar-refractivity contribution >= 4 is 50.8 Å². The first-order chi connectivity index (χ1) is 14.9. The lowest BCUT2D eigenvalue weighted by molar-refractivity contribution is -0.142. The molecule has 0 radical (unpaired) electrons. The molecule has 2 N–H and O–H groups in total. The van der Waals surface area contributed by atoms with Crippen molar-refractivity contribution < 1.29 is 22.7 Å². The third-order valence-electron chi connectivity index (χ3n) is 4.33. The van der Waals surface area contributed by atoms with Crippen molar-refractivity contribution in [3.63, 3.8) is 0 Å². The van der Waals surface area contributed by atoms with Crippen LogP contribution in [0.5, 0.6) is 0 Å². The number of nitrogens with one attached hydrogen (secondary N) is 2. The molecule has 3 rings (SSSR count). The van der Waals surface area contributed by atoms with Gasteiger partial charge in [-0.05, 0) is 48.6 Å². The van der Waals surface area contributed by atoms with E-state index in [-0.39, 0.29) is 10.6 Å². The van der Waals surface area contributed by atoms with Gasteiger partial charge in [0, 0.05) is 29.6 Å². The van der Waals surface area contributed by atoms with Crippen LogP contribution in [-0.2, 0) is 24.3 Å². The molecule has 2 heterocycles. The average molecular weight is 462 g/mol. The molecule has 0 fully saturated rings. The van der Waals surface area contributed by atoms with Crippen molar-refractivity contribution in [2.45, 2.75) is 30.6 Å². The number of sulfonamides is 1. The largest absolute Gasteiger partial charge is 0.452 e. The molecule has 0 saturated heterocycles. The molecule has 1 aliphatic heterocycles. The predicted octanol–water partition coefficient (Wildman–Crippen LogP) is 3.19. The number of rotatable bonds is 7. The molecule has 1 aromatic carbocycles. The van der Waals surface area contributed by atoms with Crippen LogP contribution in [0.2, 0.25) is 0 Å². The van der Waals surface area contributed by atoms with Crippen LogP contribution in [0.4, 0.5) is 5.69 Å². The molecule has 1 aromatic heterocycles. The molecule has 8 nitrogen and oxygen atoms in total.